The highest BCUT2D eigenvalue weighted by atomic mass is 19.1. The van der Waals surface area contributed by atoms with Crippen molar-refractivity contribution in [3.8, 4) is 6.07 Å². The molecular weight excluding hydrogens is 177 g/mol. The van der Waals surface area contributed by atoms with Crippen molar-refractivity contribution in [3.63, 3.8) is 0 Å². The van der Waals surface area contributed by atoms with Crippen LogP contribution in [0.4, 0.5) is 4.39 Å². The molecule has 1 aliphatic carbocycles. The summed E-state index contributed by atoms with van der Waals surface area (Å²) in [6.45, 7) is 0. The molecule has 0 N–H and O–H groups in total. The predicted molar refractivity (Wildman–Crippen MR) is 51.9 cm³/mol. The fourth-order valence-electron chi connectivity index (χ4n) is 1.73. The average Bonchev–Trinajstić information content (AvgIpc) is 2.97. The van der Waals surface area contributed by atoms with Crippen molar-refractivity contribution in [2.24, 2.45) is 11.8 Å². The molecule has 1 atom stereocenters. The van der Waals surface area contributed by atoms with Crippen LogP contribution in [0.2, 0.25) is 0 Å². The van der Waals surface area contributed by atoms with Crippen LogP contribution < -0.4 is 0 Å². The normalized spacial score (nSPS) is 17.4. The lowest BCUT2D eigenvalue weighted by Crippen LogP contribution is -2.04. The van der Waals surface area contributed by atoms with Gasteiger partial charge in [-0.2, -0.15) is 5.26 Å². The zero-order chi connectivity index (χ0) is 9.97. The van der Waals surface area contributed by atoms with E-state index in [1.165, 1.54) is 12.1 Å². The third-order valence-corrected chi connectivity index (χ3v) is 2.70. The van der Waals surface area contributed by atoms with Gasteiger partial charge in [0.2, 0.25) is 0 Å². The van der Waals surface area contributed by atoms with E-state index >= 15 is 0 Å². The van der Waals surface area contributed by atoms with E-state index in [1.54, 1.807) is 6.07 Å². The van der Waals surface area contributed by atoms with Gasteiger partial charge in [0.25, 0.3) is 0 Å². The van der Waals surface area contributed by atoms with Crippen molar-refractivity contribution < 1.29 is 4.39 Å². The highest BCUT2D eigenvalue weighted by Gasteiger charge is 2.31. The summed E-state index contributed by atoms with van der Waals surface area (Å²) in [4.78, 5) is 0. The van der Waals surface area contributed by atoms with Gasteiger partial charge in [0.05, 0.1) is 12.0 Å². The molecule has 1 unspecified atom stereocenters. The van der Waals surface area contributed by atoms with Crippen LogP contribution in [0.1, 0.15) is 18.4 Å². The van der Waals surface area contributed by atoms with E-state index in [1.807, 2.05) is 6.07 Å². The lowest BCUT2D eigenvalue weighted by Gasteiger charge is -2.06. The quantitative estimate of drug-likeness (QED) is 0.717. The lowest BCUT2D eigenvalue weighted by molar-refractivity contribution is 0.573. The Balaban J connectivity index is 2.05. The molecular formula is C12H12FN. The fourth-order valence-corrected chi connectivity index (χ4v) is 1.73. The number of halogens is 1. The minimum atomic E-state index is -0.213. The summed E-state index contributed by atoms with van der Waals surface area (Å²) < 4.78 is 12.9. The lowest BCUT2D eigenvalue weighted by atomic mass is 9.96. The Kier molecular flexibility index (Phi) is 2.49. The number of hydrogen-bond donors (Lipinski definition) is 0. The maximum atomic E-state index is 12.9. The van der Waals surface area contributed by atoms with Gasteiger partial charge in [0.15, 0.2) is 0 Å². The Morgan fingerprint density at radius 1 is 1.50 bits per heavy atom. The summed E-state index contributed by atoms with van der Waals surface area (Å²) in [5.41, 5.74) is 0.934. The van der Waals surface area contributed by atoms with E-state index in [-0.39, 0.29) is 11.7 Å². The van der Waals surface area contributed by atoms with Crippen LogP contribution >= 0.6 is 0 Å². The first kappa shape index (κ1) is 9.21. The van der Waals surface area contributed by atoms with Crippen molar-refractivity contribution in [2.45, 2.75) is 19.3 Å². The first-order chi connectivity index (χ1) is 6.79. The Morgan fingerprint density at radius 3 is 2.86 bits per heavy atom. The van der Waals surface area contributed by atoms with Crippen LogP contribution in [-0.2, 0) is 6.42 Å². The molecule has 0 aliphatic heterocycles. The SMILES string of the molecule is N#CC(Cc1cccc(F)c1)C1CC1. The number of rotatable bonds is 3. The summed E-state index contributed by atoms with van der Waals surface area (Å²) in [7, 11) is 0. The standard InChI is InChI=1S/C12H12FN/c13-12-3-1-2-9(7-12)6-11(8-14)10-4-5-10/h1-3,7,10-11H,4-6H2. The van der Waals surface area contributed by atoms with Crippen molar-refractivity contribution in [1.82, 2.24) is 0 Å². The third kappa shape index (κ3) is 2.11. The summed E-state index contributed by atoms with van der Waals surface area (Å²) in [5, 5.41) is 8.92. The largest absolute Gasteiger partial charge is 0.207 e. The van der Waals surface area contributed by atoms with E-state index < -0.39 is 0 Å². The van der Waals surface area contributed by atoms with Crippen molar-refractivity contribution >= 4 is 0 Å². The molecule has 2 rings (SSSR count). The van der Waals surface area contributed by atoms with E-state index in [4.69, 9.17) is 5.26 Å². The van der Waals surface area contributed by atoms with Crippen molar-refractivity contribution in [2.75, 3.05) is 0 Å². The molecule has 0 bridgehead atoms. The summed E-state index contributed by atoms with van der Waals surface area (Å²) in [5.74, 6) is 0.426. The van der Waals surface area contributed by atoms with Gasteiger partial charge >= 0.3 is 0 Å². The number of hydrogen-bond acceptors (Lipinski definition) is 1. The minimum absolute atomic E-state index is 0.0804. The molecule has 1 fully saturated rings. The average molecular weight is 189 g/mol. The monoisotopic (exact) mass is 189 g/mol. The van der Waals surface area contributed by atoms with Crippen LogP contribution in [0.3, 0.4) is 0 Å². The van der Waals surface area contributed by atoms with Gasteiger partial charge in [-0.25, -0.2) is 4.39 Å². The van der Waals surface area contributed by atoms with Crippen LogP contribution in [0.25, 0.3) is 0 Å². The Morgan fingerprint density at radius 2 is 2.29 bits per heavy atom. The molecule has 0 aromatic heterocycles. The topological polar surface area (TPSA) is 23.8 Å². The van der Waals surface area contributed by atoms with Crippen LogP contribution in [0.15, 0.2) is 24.3 Å². The Hall–Kier alpha value is -1.36. The van der Waals surface area contributed by atoms with Crippen LogP contribution in [0.5, 0.6) is 0 Å². The van der Waals surface area contributed by atoms with Gasteiger partial charge in [-0.05, 0) is 42.9 Å². The molecule has 0 heterocycles. The molecule has 72 valence electrons. The number of benzene rings is 1. The molecule has 1 aromatic rings. The van der Waals surface area contributed by atoms with E-state index in [9.17, 15) is 4.39 Å². The molecule has 2 heteroatoms. The maximum Gasteiger partial charge on any atom is 0.123 e. The van der Waals surface area contributed by atoms with E-state index in [2.05, 4.69) is 6.07 Å². The minimum Gasteiger partial charge on any atom is -0.207 e. The van der Waals surface area contributed by atoms with Crippen molar-refractivity contribution in [1.29, 1.82) is 5.26 Å². The van der Waals surface area contributed by atoms with Gasteiger partial charge in [0.1, 0.15) is 5.82 Å². The zero-order valence-electron chi connectivity index (χ0n) is 7.91. The van der Waals surface area contributed by atoms with E-state index in [0.717, 1.165) is 18.4 Å². The van der Waals surface area contributed by atoms with E-state index in [0.29, 0.717) is 12.3 Å². The molecule has 1 aliphatic rings. The molecule has 1 saturated carbocycles. The van der Waals surface area contributed by atoms with Crippen LogP contribution in [-0.4, -0.2) is 0 Å². The zero-order valence-corrected chi connectivity index (χ0v) is 7.91. The third-order valence-electron chi connectivity index (χ3n) is 2.70. The first-order valence-electron chi connectivity index (χ1n) is 4.93. The predicted octanol–water partition coefficient (Wildman–Crippen LogP) is 2.92. The van der Waals surface area contributed by atoms with Gasteiger partial charge < -0.3 is 0 Å². The highest BCUT2D eigenvalue weighted by Crippen LogP contribution is 2.38. The Bertz CT molecular complexity index is 363. The molecule has 1 aromatic carbocycles. The molecule has 14 heavy (non-hydrogen) atoms. The molecule has 0 amide bonds. The summed E-state index contributed by atoms with van der Waals surface area (Å²) in [6, 6.07) is 8.85. The van der Waals surface area contributed by atoms with Gasteiger partial charge in [0, 0.05) is 0 Å². The second-order valence-corrected chi connectivity index (χ2v) is 3.91. The molecule has 0 saturated heterocycles. The van der Waals surface area contributed by atoms with Gasteiger partial charge in [-0.3, -0.25) is 0 Å². The van der Waals surface area contributed by atoms with Gasteiger partial charge in [-0.1, -0.05) is 12.1 Å². The number of nitriles is 1. The van der Waals surface area contributed by atoms with Crippen LogP contribution in [0, 0.1) is 29.0 Å². The summed E-state index contributed by atoms with van der Waals surface area (Å²) in [6.07, 6.45) is 3.01. The van der Waals surface area contributed by atoms with Gasteiger partial charge in [-0.15, -0.1) is 0 Å². The molecule has 1 nitrogen and oxygen atoms in total. The van der Waals surface area contributed by atoms with Crippen molar-refractivity contribution in [3.05, 3.63) is 35.6 Å². The number of nitrogens with zero attached hydrogens (tertiary/aromatic N) is 1. The smallest absolute Gasteiger partial charge is 0.123 e. The second kappa shape index (κ2) is 3.79. The highest BCUT2D eigenvalue weighted by molar-refractivity contribution is 5.18. The molecule has 0 radical (unpaired) electrons. The first-order valence-corrected chi connectivity index (χ1v) is 4.93. The summed E-state index contributed by atoms with van der Waals surface area (Å²) >= 11 is 0. The maximum absolute atomic E-state index is 12.9. The second-order valence-electron chi connectivity index (χ2n) is 3.91. The fraction of sp³-hybridized carbons (Fsp3) is 0.417. The Labute approximate surface area is 83.2 Å². The molecule has 0 spiro atoms.